The zero-order valence-corrected chi connectivity index (χ0v) is 26.6. The van der Waals surface area contributed by atoms with Crippen molar-refractivity contribution in [3.05, 3.63) is 176 Å². The summed E-state index contributed by atoms with van der Waals surface area (Å²) in [5.41, 5.74) is 9.60. The minimum absolute atomic E-state index is 1.16. The Kier molecular flexibility index (Phi) is 5.38. The van der Waals surface area contributed by atoms with E-state index in [1.165, 1.54) is 87.4 Å². The number of hydrogen-bond donors (Lipinski definition) is 0. The normalized spacial score (nSPS) is 12.1. The van der Waals surface area contributed by atoms with Gasteiger partial charge >= 0.3 is 0 Å². The molecule has 0 saturated carbocycles. The standard InChI is InChI=1S/C46H29N3/c1-3-12-32(13-4-1)48-40-18-10-9-17-36(40)39-29-34(21-25-41(39)48)47-28-27-31-19-22-37-38(46(31)47)23-26-43-45(37)44-35-16-8-7-11-30(35)20-24-42(44)49(43)33-14-5-2-6-15-33/h1-29H. The van der Waals surface area contributed by atoms with Gasteiger partial charge in [0.1, 0.15) is 0 Å². The van der Waals surface area contributed by atoms with Crippen molar-refractivity contribution in [2.45, 2.75) is 0 Å². The van der Waals surface area contributed by atoms with Crippen molar-refractivity contribution < 1.29 is 0 Å². The van der Waals surface area contributed by atoms with E-state index >= 15 is 0 Å². The molecule has 8 aromatic carbocycles. The highest BCUT2D eigenvalue weighted by molar-refractivity contribution is 6.30. The van der Waals surface area contributed by atoms with Crippen molar-refractivity contribution in [1.82, 2.24) is 13.7 Å². The van der Waals surface area contributed by atoms with E-state index in [1.54, 1.807) is 0 Å². The smallest absolute Gasteiger partial charge is 0.0607 e. The number of hydrogen-bond acceptors (Lipinski definition) is 0. The van der Waals surface area contributed by atoms with Gasteiger partial charge < -0.3 is 13.7 Å². The maximum atomic E-state index is 2.43. The van der Waals surface area contributed by atoms with Crippen LogP contribution in [0.2, 0.25) is 0 Å². The van der Waals surface area contributed by atoms with Crippen molar-refractivity contribution in [3.8, 4) is 17.1 Å². The average Bonchev–Trinajstić information content (AvgIpc) is 3.86. The summed E-state index contributed by atoms with van der Waals surface area (Å²) < 4.78 is 7.18. The molecule has 3 nitrogen and oxygen atoms in total. The van der Waals surface area contributed by atoms with E-state index in [-0.39, 0.29) is 0 Å². The van der Waals surface area contributed by atoms with E-state index < -0.39 is 0 Å². The summed E-state index contributed by atoms with van der Waals surface area (Å²) >= 11 is 0. The summed E-state index contributed by atoms with van der Waals surface area (Å²) in [6.07, 6.45) is 2.23. The van der Waals surface area contributed by atoms with Crippen LogP contribution in [-0.4, -0.2) is 13.7 Å². The summed E-state index contributed by atoms with van der Waals surface area (Å²) in [5.74, 6) is 0. The van der Waals surface area contributed by atoms with Crippen LogP contribution < -0.4 is 0 Å². The van der Waals surface area contributed by atoms with Crippen LogP contribution in [0.5, 0.6) is 0 Å². The molecule has 0 atom stereocenters. The largest absolute Gasteiger partial charge is 0.316 e. The van der Waals surface area contributed by atoms with E-state index in [1.807, 2.05) is 0 Å². The van der Waals surface area contributed by atoms with E-state index in [0.29, 0.717) is 0 Å². The maximum absolute atomic E-state index is 2.43. The van der Waals surface area contributed by atoms with Gasteiger partial charge in [0.2, 0.25) is 0 Å². The number of benzene rings is 8. The molecule has 228 valence electrons. The Labute approximate surface area is 282 Å². The van der Waals surface area contributed by atoms with Crippen LogP contribution in [0.15, 0.2) is 176 Å². The number of fused-ring (bicyclic) bond motifs is 12. The molecule has 0 aliphatic rings. The van der Waals surface area contributed by atoms with Crippen LogP contribution in [0.3, 0.4) is 0 Å². The van der Waals surface area contributed by atoms with Crippen molar-refractivity contribution in [2.75, 3.05) is 0 Å². The summed E-state index contributed by atoms with van der Waals surface area (Å²) in [4.78, 5) is 0. The first-order chi connectivity index (χ1) is 24.3. The molecule has 0 saturated heterocycles. The van der Waals surface area contributed by atoms with Crippen molar-refractivity contribution >= 4 is 76.1 Å². The molecule has 0 N–H and O–H groups in total. The van der Waals surface area contributed by atoms with Gasteiger partial charge in [0.05, 0.1) is 27.6 Å². The molecule has 3 heterocycles. The molecule has 0 radical (unpaired) electrons. The molecule has 0 fully saturated rings. The highest BCUT2D eigenvalue weighted by Crippen LogP contribution is 2.43. The minimum atomic E-state index is 1.16. The van der Waals surface area contributed by atoms with Crippen LogP contribution in [-0.2, 0) is 0 Å². The molecule has 0 spiro atoms. The third kappa shape index (κ3) is 3.67. The fourth-order valence-corrected chi connectivity index (χ4v) is 8.35. The molecule has 3 heteroatoms. The number of para-hydroxylation sites is 3. The lowest BCUT2D eigenvalue weighted by Crippen LogP contribution is -1.95. The lowest BCUT2D eigenvalue weighted by molar-refractivity contribution is 1.13. The Balaban J connectivity index is 1.22. The molecule has 0 aliphatic carbocycles. The molecule has 3 aromatic heterocycles. The molecular weight excluding hydrogens is 595 g/mol. The Morgan fingerprint density at radius 3 is 1.67 bits per heavy atom. The van der Waals surface area contributed by atoms with E-state index in [2.05, 4.69) is 190 Å². The molecule has 49 heavy (non-hydrogen) atoms. The van der Waals surface area contributed by atoms with Gasteiger partial charge in [-0.15, -0.1) is 0 Å². The second-order valence-corrected chi connectivity index (χ2v) is 13.0. The summed E-state index contributed by atoms with van der Waals surface area (Å²) in [6.45, 7) is 0. The monoisotopic (exact) mass is 623 g/mol. The van der Waals surface area contributed by atoms with Crippen molar-refractivity contribution in [2.24, 2.45) is 0 Å². The number of nitrogens with zero attached hydrogens (tertiary/aromatic N) is 3. The Hall–Kier alpha value is -6.58. The molecule has 0 bridgehead atoms. The molecular formula is C46H29N3. The highest BCUT2D eigenvalue weighted by atomic mass is 15.0. The number of aromatic nitrogens is 3. The molecule has 0 aliphatic heterocycles. The van der Waals surface area contributed by atoms with Crippen LogP contribution in [0.1, 0.15) is 0 Å². The van der Waals surface area contributed by atoms with Gasteiger partial charge in [-0.05, 0) is 82.9 Å². The average molecular weight is 624 g/mol. The lowest BCUT2D eigenvalue weighted by Gasteiger charge is -2.11. The van der Waals surface area contributed by atoms with Crippen LogP contribution in [0, 0.1) is 0 Å². The van der Waals surface area contributed by atoms with E-state index in [0.717, 1.165) is 5.69 Å². The van der Waals surface area contributed by atoms with E-state index in [4.69, 9.17) is 0 Å². The van der Waals surface area contributed by atoms with E-state index in [9.17, 15) is 0 Å². The maximum Gasteiger partial charge on any atom is 0.0607 e. The Morgan fingerprint density at radius 1 is 0.306 bits per heavy atom. The first-order valence-corrected chi connectivity index (χ1v) is 16.9. The zero-order chi connectivity index (χ0) is 32.1. The minimum Gasteiger partial charge on any atom is -0.316 e. The van der Waals surface area contributed by atoms with Crippen LogP contribution in [0.25, 0.3) is 93.1 Å². The van der Waals surface area contributed by atoms with Gasteiger partial charge in [0, 0.05) is 55.6 Å². The first-order valence-electron chi connectivity index (χ1n) is 16.9. The van der Waals surface area contributed by atoms with Gasteiger partial charge in [-0.25, -0.2) is 0 Å². The SMILES string of the molecule is c1ccc(-n2c3ccccc3c3cc(-n4ccc5ccc6c(ccc7c6c6c8ccccc8ccc6n7-c6ccccc6)c54)ccc32)cc1. The summed E-state index contributed by atoms with van der Waals surface area (Å²) in [7, 11) is 0. The third-order valence-electron chi connectivity index (χ3n) is 10.4. The molecule has 11 aromatic rings. The Morgan fingerprint density at radius 2 is 0.878 bits per heavy atom. The highest BCUT2D eigenvalue weighted by Gasteiger charge is 2.19. The predicted octanol–water partition coefficient (Wildman–Crippen LogP) is 12.1. The van der Waals surface area contributed by atoms with Crippen molar-refractivity contribution in [1.29, 1.82) is 0 Å². The quantitative estimate of drug-likeness (QED) is 0.186. The predicted molar refractivity (Wildman–Crippen MR) is 207 cm³/mol. The summed E-state index contributed by atoms with van der Waals surface area (Å²) in [6, 6.07) is 61.9. The number of rotatable bonds is 3. The summed E-state index contributed by atoms with van der Waals surface area (Å²) in [5, 5.41) is 11.4. The fraction of sp³-hybridized carbons (Fsp3) is 0. The first kappa shape index (κ1) is 26.5. The van der Waals surface area contributed by atoms with Crippen molar-refractivity contribution in [3.63, 3.8) is 0 Å². The molecule has 0 unspecified atom stereocenters. The van der Waals surface area contributed by atoms with Crippen LogP contribution >= 0.6 is 0 Å². The molecule has 11 rings (SSSR count). The van der Waals surface area contributed by atoms with Gasteiger partial charge in [0.15, 0.2) is 0 Å². The van der Waals surface area contributed by atoms with Gasteiger partial charge in [-0.2, -0.15) is 0 Å². The van der Waals surface area contributed by atoms with Gasteiger partial charge in [-0.3, -0.25) is 0 Å². The zero-order valence-electron chi connectivity index (χ0n) is 26.6. The topological polar surface area (TPSA) is 14.8 Å². The van der Waals surface area contributed by atoms with Gasteiger partial charge in [0.25, 0.3) is 0 Å². The van der Waals surface area contributed by atoms with Crippen LogP contribution in [0.4, 0.5) is 0 Å². The fourth-order valence-electron chi connectivity index (χ4n) is 8.35. The second kappa shape index (κ2) is 9.96. The second-order valence-electron chi connectivity index (χ2n) is 13.0. The third-order valence-corrected chi connectivity index (χ3v) is 10.4. The van der Waals surface area contributed by atoms with Gasteiger partial charge in [-0.1, -0.05) is 103 Å². The molecule has 0 amide bonds. The Bertz CT molecular complexity index is 3090. The lowest BCUT2D eigenvalue weighted by atomic mass is 9.98.